The maximum absolute atomic E-state index is 12.0. The topological polar surface area (TPSA) is 75.4 Å². The second-order valence-electron chi connectivity index (χ2n) is 5.74. The van der Waals surface area contributed by atoms with Crippen molar-refractivity contribution in [3.8, 4) is 0 Å². The quantitative estimate of drug-likeness (QED) is 0.773. The SMILES string of the molecule is CCC(=O)NC1CCN(C(=O)CC(C)(C)N)CC1. The first-order valence-electron chi connectivity index (χ1n) is 6.68. The Bertz CT molecular complexity index is 302. The van der Waals surface area contributed by atoms with E-state index in [1.54, 1.807) is 0 Å². The zero-order valence-electron chi connectivity index (χ0n) is 11.7. The van der Waals surface area contributed by atoms with Gasteiger partial charge >= 0.3 is 0 Å². The van der Waals surface area contributed by atoms with E-state index in [9.17, 15) is 9.59 Å². The lowest BCUT2D eigenvalue weighted by atomic mass is 9.99. The number of likely N-dealkylation sites (tertiary alicyclic amines) is 1. The van der Waals surface area contributed by atoms with E-state index in [0.29, 0.717) is 25.9 Å². The van der Waals surface area contributed by atoms with Crippen LogP contribution < -0.4 is 11.1 Å². The van der Waals surface area contributed by atoms with Crippen molar-refractivity contribution >= 4 is 11.8 Å². The minimum absolute atomic E-state index is 0.0860. The molecule has 104 valence electrons. The lowest BCUT2D eigenvalue weighted by molar-refractivity contribution is -0.133. The number of carbonyl (C=O) groups is 2. The Hall–Kier alpha value is -1.10. The summed E-state index contributed by atoms with van der Waals surface area (Å²) in [4.78, 5) is 25.1. The van der Waals surface area contributed by atoms with Gasteiger partial charge in [0.2, 0.25) is 11.8 Å². The van der Waals surface area contributed by atoms with E-state index in [-0.39, 0.29) is 17.9 Å². The van der Waals surface area contributed by atoms with Gasteiger partial charge in [-0.3, -0.25) is 9.59 Å². The smallest absolute Gasteiger partial charge is 0.224 e. The summed E-state index contributed by atoms with van der Waals surface area (Å²) in [5.41, 5.74) is 5.40. The molecule has 0 unspecified atom stereocenters. The fourth-order valence-corrected chi connectivity index (χ4v) is 2.10. The normalized spacial score (nSPS) is 17.7. The highest BCUT2D eigenvalue weighted by atomic mass is 16.2. The number of hydrogen-bond acceptors (Lipinski definition) is 3. The largest absolute Gasteiger partial charge is 0.353 e. The molecule has 0 saturated carbocycles. The number of amides is 2. The number of hydrogen-bond donors (Lipinski definition) is 2. The predicted octanol–water partition coefficient (Wildman–Crippen LogP) is 0.631. The van der Waals surface area contributed by atoms with E-state index in [1.807, 2.05) is 25.7 Å². The molecule has 0 atom stereocenters. The molecular weight excluding hydrogens is 230 g/mol. The summed E-state index contributed by atoms with van der Waals surface area (Å²) in [7, 11) is 0. The highest BCUT2D eigenvalue weighted by Gasteiger charge is 2.26. The van der Waals surface area contributed by atoms with Gasteiger partial charge in [0.15, 0.2) is 0 Å². The first kappa shape index (κ1) is 15.0. The summed E-state index contributed by atoms with van der Waals surface area (Å²) in [6.45, 7) is 6.99. The van der Waals surface area contributed by atoms with E-state index in [2.05, 4.69) is 5.32 Å². The number of nitrogens with two attached hydrogens (primary N) is 1. The first-order valence-corrected chi connectivity index (χ1v) is 6.68. The minimum atomic E-state index is -0.454. The van der Waals surface area contributed by atoms with Crippen LogP contribution in [-0.4, -0.2) is 41.4 Å². The van der Waals surface area contributed by atoms with Crippen molar-refractivity contribution in [1.29, 1.82) is 0 Å². The van der Waals surface area contributed by atoms with Crippen molar-refractivity contribution < 1.29 is 9.59 Å². The first-order chi connectivity index (χ1) is 8.31. The van der Waals surface area contributed by atoms with Gasteiger partial charge < -0.3 is 16.0 Å². The number of carbonyl (C=O) groups excluding carboxylic acids is 2. The maximum atomic E-state index is 12.0. The van der Waals surface area contributed by atoms with Crippen molar-refractivity contribution in [2.45, 2.75) is 58.0 Å². The van der Waals surface area contributed by atoms with Crippen LogP contribution >= 0.6 is 0 Å². The van der Waals surface area contributed by atoms with Crippen molar-refractivity contribution in [3.63, 3.8) is 0 Å². The summed E-state index contributed by atoms with van der Waals surface area (Å²) in [5, 5.41) is 2.97. The summed E-state index contributed by atoms with van der Waals surface area (Å²) in [5.74, 6) is 0.200. The monoisotopic (exact) mass is 255 g/mol. The Morgan fingerprint density at radius 3 is 2.33 bits per heavy atom. The Labute approximate surface area is 109 Å². The van der Waals surface area contributed by atoms with Crippen LogP contribution in [-0.2, 0) is 9.59 Å². The van der Waals surface area contributed by atoms with Crippen molar-refractivity contribution in [2.75, 3.05) is 13.1 Å². The molecule has 2 amide bonds. The molecule has 1 saturated heterocycles. The van der Waals surface area contributed by atoms with Crippen LogP contribution in [0.4, 0.5) is 0 Å². The molecule has 0 spiro atoms. The van der Waals surface area contributed by atoms with Crippen LogP contribution in [0.15, 0.2) is 0 Å². The predicted molar refractivity (Wildman–Crippen MR) is 70.9 cm³/mol. The van der Waals surface area contributed by atoms with Gasteiger partial charge in [-0.2, -0.15) is 0 Å². The maximum Gasteiger partial charge on any atom is 0.224 e. The molecule has 1 aliphatic rings. The van der Waals surface area contributed by atoms with Crippen LogP contribution in [0, 0.1) is 0 Å². The molecule has 5 heteroatoms. The minimum Gasteiger partial charge on any atom is -0.353 e. The van der Waals surface area contributed by atoms with Crippen molar-refractivity contribution in [2.24, 2.45) is 5.73 Å². The van der Waals surface area contributed by atoms with Crippen LogP contribution in [0.5, 0.6) is 0 Å². The third-order valence-electron chi connectivity index (χ3n) is 3.14. The molecule has 0 aliphatic carbocycles. The second-order valence-corrected chi connectivity index (χ2v) is 5.74. The molecule has 1 heterocycles. The summed E-state index contributed by atoms with van der Waals surface area (Å²) in [6, 6.07) is 0.215. The summed E-state index contributed by atoms with van der Waals surface area (Å²) < 4.78 is 0. The van der Waals surface area contributed by atoms with Gasteiger partial charge in [0, 0.05) is 37.5 Å². The number of nitrogens with one attached hydrogen (secondary N) is 1. The summed E-state index contributed by atoms with van der Waals surface area (Å²) >= 11 is 0. The second kappa shape index (κ2) is 6.18. The van der Waals surface area contributed by atoms with Gasteiger partial charge in [0.1, 0.15) is 0 Å². The fraction of sp³-hybridized carbons (Fsp3) is 0.846. The van der Waals surface area contributed by atoms with Gasteiger partial charge in [0.05, 0.1) is 0 Å². The van der Waals surface area contributed by atoms with Gasteiger partial charge in [-0.15, -0.1) is 0 Å². The highest BCUT2D eigenvalue weighted by Crippen LogP contribution is 2.14. The van der Waals surface area contributed by atoms with Crippen molar-refractivity contribution in [3.05, 3.63) is 0 Å². The molecule has 0 radical (unpaired) electrons. The number of rotatable bonds is 4. The molecule has 0 aromatic rings. The zero-order valence-corrected chi connectivity index (χ0v) is 11.7. The molecule has 0 aromatic carbocycles. The number of piperidine rings is 1. The molecule has 1 rings (SSSR count). The van der Waals surface area contributed by atoms with Crippen LogP contribution in [0.2, 0.25) is 0 Å². The fourth-order valence-electron chi connectivity index (χ4n) is 2.10. The average molecular weight is 255 g/mol. The lowest BCUT2D eigenvalue weighted by Gasteiger charge is -2.34. The Morgan fingerprint density at radius 1 is 1.33 bits per heavy atom. The molecule has 1 fully saturated rings. The molecule has 1 aliphatic heterocycles. The van der Waals surface area contributed by atoms with E-state index >= 15 is 0 Å². The van der Waals surface area contributed by atoms with Gasteiger partial charge in [0.25, 0.3) is 0 Å². The third-order valence-corrected chi connectivity index (χ3v) is 3.14. The van der Waals surface area contributed by atoms with E-state index in [1.165, 1.54) is 0 Å². The van der Waals surface area contributed by atoms with Crippen LogP contribution in [0.1, 0.15) is 46.5 Å². The lowest BCUT2D eigenvalue weighted by Crippen LogP contribution is -2.48. The molecule has 18 heavy (non-hydrogen) atoms. The van der Waals surface area contributed by atoms with Crippen molar-refractivity contribution in [1.82, 2.24) is 10.2 Å². The third kappa shape index (κ3) is 5.04. The molecule has 0 aromatic heterocycles. The molecule has 3 N–H and O–H groups in total. The Morgan fingerprint density at radius 2 is 1.89 bits per heavy atom. The van der Waals surface area contributed by atoms with Gasteiger partial charge in [-0.1, -0.05) is 6.92 Å². The number of nitrogens with zero attached hydrogens (tertiary/aromatic N) is 1. The molecule has 0 bridgehead atoms. The van der Waals surface area contributed by atoms with E-state index < -0.39 is 5.54 Å². The van der Waals surface area contributed by atoms with Gasteiger partial charge in [-0.25, -0.2) is 0 Å². The summed E-state index contributed by atoms with van der Waals surface area (Å²) in [6.07, 6.45) is 2.56. The molecular formula is C13H25N3O2. The molecule has 5 nitrogen and oxygen atoms in total. The highest BCUT2D eigenvalue weighted by molar-refractivity contribution is 5.78. The Balaban J connectivity index is 2.35. The van der Waals surface area contributed by atoms with E-state index in [0.717, 1.165) is 12.8 Å². The Kier molecular flexibility index (Phi) is 5.14. The van der Waals surface area contributed by atoms with Crippen LogP contribution in [0.3, 0.4) is 0 Å². The average Bonchev–Trinajstić information content (AvgIpc) is 2.27. The zero-order chi connectivity index (χ0) is 13.8. The van der Waals surface area contributed by atoms with Gasteiger partial charge in [-0.05, 0) is 26.7 Å². The van der Waals surface area contributed by atoms with Crippen LogP contribution in [0.25, 0.3) is 0 Å². The van der Waals surface area contributed by atoms with E-state index in [4.69, 9.17) is 5.73 Å². The standard InChI is InChI=1S/C13H25N3O2/c1-4-11(17)15-10-5-7-16(8-6-10)12(18)9-13(2,3)14/h10H,4-9,14H2,1-3H3,(H,15,17).